The van der Waals surface area contributed by atoms with Crippen LogP contribution in [0.25, 0.3) is 0 Å². The minimum absolute atomic E-state index is 0.149. The number of urea groups is 1. The van der Waals surface area contributed by atoms with Gasteiger partial charge < -0.3 is 19.9 Å². The van der Waals surface area contributed by atoms with Crippen LogP contribution in [0.3, 0.4) is 0 Å². The molecule has 3 heterocycles. The van der Waals surface area contributed by atoms with E-state index in [1.165, 1.54) is 0 Å². The standard InChI is InChI=1S/C16H28N6O2/c1-12(2)13(21-6-8-24-9-7-21)10-17-16(23)18-11-15-20-19-14-4-3-5-22(14)15/h12-13H,3-11H2,1-2H3,(H2,17,18,23)/t13-/m1/s1. The molecule has 0 spiro atoms. The summed E-state index contributed by atoms with van der Waals surface area (Å²) in [6, 6.07) is 0.182. The van der Waals surface area contributed by atoms with Crippen LogP contribution in [-0.2, 0) is 24.2 Å². The fraction of sp³-hybridized carbons (Fsp3) is 0.812. The van der Waals surface area contributed by atoms with E-state index in [4.69, 9.17) is 4.74 Å². The van der Waals surface area contributed by atoms with Crippen molar-refractivity contribution < 1.29 is 9.53 Å². The van der Waals surface area contributed by atoms with Gasteiger partial charge in [-0.1, -0.05) is 13.8 Å². The lowest BCUT2D eigenvalue weighted by molar-refractivity contribution is 0.00719. The number of ether oxygens (including phenoxy) is 1. The summed E-state index contributed by atoms with van der Waals surface area (Å²) < 4.78 is 7.52. The number of carbonyl (C=O) groups is 1. The number of carbonyl (C=O) groups excluding carboxylic acids is 1. The molecule has 24 heavy (non-hydrogen) atoms. The van der Waals surface area contributed by atoms with E-state index in [-0.39, 0.29) is 6.03 Å². The highest BCUT2D eigenvalue weighted by Crippen LogP contribution is 2.14. The van der Waals surface area contributed by atoms with Gasteiger partial charge in [0.15, 0.2) is 5.82 Å². The minimum atomic E-state index is -0.149. The van der Waals surface area contributed by atoms with E-state index < -0.39 is 0 Å². The first kappa shape index (κ1) is 17.2. The summed E-state index contributed by atoms with van der Waals surface area (Å²) in [7, 11) is 0. The van der Waals surface area contributed by atoms with Crippen LogP contribution in [0, 0.1) is 5.92 Å². The summed E-state index contributed by atoms with van der Waals surface area (Å²) in [5.74, 6) is 2.34. The van der Waals surface area contributed by atoms with E-state index in [1.807, 2.05) is 0 Å². The molecule has 0 radical (unpaired) electrons. The second kappa shape index (κ2) is 7.94. The number of hydrogen-bond donors (Lipinski definition) is 2. The van der Waals surface area contributed by atoms with Crippen molar-refractivity contribution in [3.63, 3.8) is 0 Å². The maximum Gasteiger partial charge on any atom is 0.315 e. The molecule has 2 aliphatic rings. The van der Waals surface area contributed by atoms with Crippen molar-refractivity contribution in [2.75, 3.05) is 32.8 Å². The smallest absolute Gasteiger partial charge is 0.315 e. The van der Waals surface area contributed by atoms with Crippen molar-refractivity contribution in [3.05, 3.63) is 11.6 Å². The van der Waals surface area contributed by atoms with Crippen LogP contribution < -0.4 is 10.6 Å². The second-order valence-corrected chi connectivity index (χ2v) is 6.81. The van der Waals surface area contributed by atoms with E-state index in [9.17, 15) is 4.79 Å². The maximum absolute atomic E-state index is 12.1. The summed E-state index contributed by atoms with van der Waals surface area (Å²) >= 11 is 0. The number of aromatic nitrogens is 3. The highest BCUT2D eigenvalue weighted by molar-refractivity contribution is 5.73. The normalized spacial score (nSPS) is 19.3. The Labute approximate surface area is 142 Å². The molecule has 0 aliphatic carbocycles. The zero-order valence-corrected chi connectivity index (χ0v) is 14.6. The molecular weight excluding hydrogens is 308 g/mol. The van der Waals surface area contributed by atoms with Gasteiger partial charge in [0.2, 0.25) is 0 Å². The van der Waals surface area contributed by atoms with Gasteiger partial charge in [0, 0.05) is 38.6 Å². The lowest BCUT2D eigenvalue weighted by atomic mass is 10.0. The molecule has 0 saturated carbocycles. The first-order chi connectivity index (χ1) is 11.6. The number of amides is 2. The van der Waals surface area contributed by atoms with Crippen LogP contribution in [0.5, 0.6) is 0 Å². The molecule has 1 aromatic heterocycles. The highest BCUT2D eigenvalue weighted by atomic mass is 16.5. The SMILES string of the molecule is CC(C)[C@@H](CNC(=O)NCc1nnc2n1CCC2)N1CCOCC1. The van der Waals surface area contributed by atoms with E-state index in [0.29, 0.717) is 25.0 Å². The van der Waals surface area contributed by atoms with Crippen molar-refractivity contribution in [2.45, 2.75) is 45.8 Å². The molecule has 0 aromatic carbocycles. The van der Waals surface area contributed by atoms with E-state index in [0.717, 1.165) is 57.3 Å². The average Bonchev–Trinajstić information content (AvgIpc) is 3.17. The Morgan fingerprint density at radius 2 is 2.00 bits per heavy atom. The number of morpholine rings is 1. The highest BCUT2D eigenvalue weighted by Gasteiger charge is 2.24. The Bertz CT molecular complexity index is 553. The fourth-order valence-electron chi connectivity index (χ4n) is 3.46. The van der Waals surface area contributed by atoms with Crippen LogP contribution in [0.4, 0.5) is 4.79 Å². The van der Waals surface area contributed by atoms with Gasteiger partial charge in [-0.2, -0.15) is 0 Å². The summed E-state index contributed by atoms with van der Waals surface area (Å²) in [6.45, 7) is 9.80. The summed E-state index contributed by atoms with van der Waals surface area (Å²) in [5.41, 5.74) is 0. The molecule has 0 unspecified atom stereocenters. The van der Waals surface area contributed by atoms with Crippen molar-refractivity contribution >= 4 is 6.03 Å². The van der Waals surface area contributed by atoms with Gasteiger partial charge in [0.25, 0.3) is 0 Å². The molecule has 1 saturated heterocycles. The summed E-state index contributed by atoms with van der Waals surface area (Å²) in [6.07, 6.45) is 2.09. The van der Waals surface area contributed by atoms with Crippen LogP contribution in [-0.4, -0.2) is 64.6 Å². The van der Waals surface area contributed by atoms with Crippen LogP contribution in [0.1, 0.15) is 31.9 Å². The summed E-state index contributed by atoms with van der Waals surface area (Å²) in [4.78, 5) is 14.5. The molecular formula is C16H28N6O2. The zero-order chi connectivity index (χ0) is 16.9. The first-order valence-corrected chi connectivity index (χ1v) is 8.89. The molecule has 2 N–H and O–H groups in total. The van der Waals surface area contributed by atoms with Gasteiger partial charge in [0.05, 0.1) is 19.8 Å². The van der Waals surface area contributed by atoms with Crippen molar-refractivity contribution in [2.24, 2.45) is 5.92 Å². The maximum atomic E-state index is 12.1. The third-order valence-corrected chi connectivity index (χ3v) is 4.85. The minimum Gasteiger partial charge on any atom is -0.379 e. The van der Waals surface area contributed by atoms with E-state index in [2.05, 4.69) is 44.1 Å². The molecule has 1 aromatic rings. The average molecular weight is 336 g/mol. The Hall–Kier alpha value is -1.67. The van der Waals surface area contributed by atoms with Crippen LogP contribution in [0.2, 0.25) is 0 Å². The zero-order valence-electron chi connectivity index (χ0n) is 14.6. The molecule has 3 rings (SSSR count). The third-order valence-electron chi connectivity index (χ3n) is 4.85. The van der Waals surface area contributed by atoms with Gasteiger partial charge in [-0.3, -0.25) is 4.90 Å². The Morgan fingerprint density at radius 1 is 1.21 bits per heavy atom. The van der Waals surface area contributed by atoms with Crippen molar-refractivity contribution in [1.82, 2.24) is 30.3 Å². The van der Waals surface area contributed by atoms with Gasteiger partial charge in [0.1, 0.15) is 5.82 Å². The monoisotopic (exact) mass is 336 g/mol. The molecule has 2 amide bonds. The molecule has 1 fully saturated rings. The van der Waals surface area contributed by atoms with Crippen molar-refractivity contribution in [1.29, 1.82) is 0 Å². The Balaban J connectivity index is 1.45. The largest absolute Gasteiger partial charge is 0.379 e. The molecule has 0 bridgehead atoms. The number of aryl methyl sites for hydroxylation is 1. The Kier molecular flexibility index (Phi) is 5.68. The number of fused-ring (bicyclic) bond motifs is 1. The predicted molar refractivity (Wildman–Crippen MR) is 89.6 cm³/mol. The summed E-state index contributed by atoms with van der Waals surface area (Å²) in [5, 5.41) is 14.2. The first-order valence-electron chi connectivity index (χ1n) is 8.89. The van der Waals surface area contributed by atoms with Gasteiger partial charge in [-0.25, -0.2) is 4.79 Å². The topological polar surface area (TPSA) is 84.3 Å². The predicted octanol–water partition coefficient (Wildman–Crippen LogP) is 0.380. The Morgan fingerprint density at radius 3 is 2.75 bits per heavy atom. The van der Waals surface area contributed by atoms with Gasteiger partial charge in [-0.05, 0) is 12.3 Å². The van der Waals surface area contributed by atoms with Crippen LogP contribution >= 0.6 is 0 Å². The molecule has 8 nitrogen and oxygen atoms in total. The number of nitrogens with one attached hydrogen (secondary N) is 2. The molecule has 1 atom stereocenters. The number of hydrogen-bond acceptors (Lipinski definition) is 5. The lowest BCUT2D eigenvalue weighted by Crippen LogP contribution is -2.52. The molecule has 2 aliphatic heterocycles. The van der Waals surface area contributed by atoms with E-state index >= 15 is 0 Å². The van der Waals surface area contributed by atoms with E-state index in [1.54, 1.807) is 0 Å². The second-order valence-electron chi connectivity index (χ2n) is 6.81. The fourth-order valence-corrected chi connectivity index (χ4v) is 3.46. The third kappa shape index (κ3) is 4.05. The lowest BCUT2D eigenvalue weighted by Gasteiger charge is -2.36. The van der Waals surface area contributed by atoms with Crippen LogP contribution in [0.15, 0.2) is 0 Å². The van der Waals surface area contributed by atoms with Crippen molar-refractivity contribution in [3.8, 4) is 0 Å². The molecule has 134 valence electrons. The number of nitrogens with zero attached hydrogens (tertiary/aromatic N) is 4. The molecule has 8 heteroatoms. The van der Waals surface area contributed by atoms with Gasteiger partial charge >= 0.3 is 6.03 Å². The number of rotatable bonds is 6. The quantitative estimate of drug-likeness (QED) is 0.785. The van der Waals surface area contributed by atoms with Gasteiger partial charge in [-0.15, -0.1) is 10.2 Å².